The van der Waals surface area contributed by atoms with E-state index in [1.54, 1.807) is 26.2 Å². The van der Waals surface area contributed by atoms with Crippen LogP contribution >= 0.6 is 11.3 Å². The molecular weight excluding hydrogens is 328 g/mol. The minimum Gasteiger partial charge on any atom is -0.478 e. The Balaban J connectivity index is 2.38. The summed E-state index contributed by atoms with van der Waals surface area (Å²) in [6, 6.07) is 1.85. The molecule has 0 amide bonds. The lowest BCUT2D eigenvalue weighted by Crippen LogP contribution is -2.31. The molecule has 6 nitrogen and oxygen atoms in total. The average Bonchev–Trinajstić information content (AvgIpc) is 2.80. The molecule has 0 aliphatic carbocycles. The molecule has 0 bridgehead atoms. The molecule has 1 aliphatic rings. The van der Waals surface area contributed by atoms with Gasteiger partial charge in [-0.3, -0.25) is 4.98 Å². The van der Waals surface area contributed by atoms with E-state index in [0.29, 0.717) is 17.0 Å². The second-order valence-electron chi connectivity index (χ2n) is 5.69. The first-order valence-corrected chi connectivity index (χ1v) is 8.12. The number of carboxylic acids is 2. The van der Waals surface area contributed by atoms with E-state index in [4.69, 9.17) is 0 Å². The third-order valence-corrected chi connectivity index (χ3v) is 5.33. The largest absolute Gasteiger partial charge is 0.478 e. The van der Waals surface area contributed by atoms with Gasteiger partial charge in [-0.25, -0.2) is 9.59 Å². The minimum absolute atomic E-state index is 0.0599. The van der Waals surface area contributed by atoms with Crippen LogP contribution in [-0.4, -0.2) is 27.1 Å². The molecule has 1 aliphatic heterocycles. The highest BCUT2D eigenvalue weighted by Crippen LogP contribution is 2.45. The molecule has 0 aromatic carbocycles. The third-order valence-electron chi connectivity index (χ3n) is 4.22. The molecule has 0 unspecified atom stereocenters. The predicted molar refractivity (Wildman–Crippen MR) is 90.9 cm³/mol. The van der Waals surface area contributed by atoms with Crippen LogP contribution in [0.15, 0.2) is 41.0 Å². The molecule has 0 atom stereocenters. The van der Waals surface area contributed by atoms with Crippen LogP contribution in [0.3, 0.4) is 0 Å². The molecule has 124 valence electrons. The van der Waals surface area contributed by atoms with Crippen molar-refractivity contribution in [3.8, 4) is 0 Å². The highest BCUT2D eigenvalue weighted by molar-refractivity contribution is 7.19. The van der Waals surface area contributed by atoms with Crippen molar-refractivity contribution in [3.63, 3.8) is 0 Å². The van der Waals surface area contributed by atoms with Crippen LogP contribution in [0.25, 0.3) is 10.1 Å². The summed E-state index contributed by atoms with van der Waals surface area (Å²) in [4.78, 5) is 28.7. The van der Waals surface area contributed by atoms with Crippen LogP contribution in [0, 0.1) is 6.92 Å². The summed E-state index contributed by atoms with van der Waals surface area (Å²) in [6.07, 6.45) is 3.34. The molecule has 0 spiro atoms. The van der Waals surface area contributed by atoms with E-state index in [9.17, 15) is 19.8 Å². The third kappa shape index (κ3) is 2.37. The number of carboxylic acid groups (broad SMARTS) is 2. The molecule has 3 N–H and O–H groups in total. The number of aliphatic carboxylic acids is 2. The number of carbonyl (C=O) groups is 2. The van der Waals surface area contributed by atoms with Gasteiger partial charge in [0.05, 0.1) is 17.1 Å². The Kier molecular flexibility index (Phi) is 3.88. The summed E-state index contributed by atoms with van der Waals surface area (Å²) >= 11 is 1.51. The van der Waals surface area contributed by atoms with Gasteiger partial charge in [-0.15, -0.1) is 11.3 Å². The monoisotopic (exact) mass is 344 g/mol. The van der Waals surface area contributed by atoms with Crippen LogP contribution in [0.1, 0.15) is 30.2 Å². The van der Waals surface area contributed by atoms with E-state index < -0.39 is 17.9 Å². The van der Waals surface area contributed by atoms with Gasteiger partial charge in [-0.05, 0) is 32.4 Å². The fourth-order valence-electron chi connectivity index (χ4n) is 3.29. The van der Waals surface area contributed by atoms with E-state index in [-0.39, 0.29) is 11.1 Å². The molecule has 0 fully saturated rings. The molecule has 0 saturated heterocycles. The number of dihydropyridines is 1. The van der Waals surface area contributed by atoms with Gasteiger partial charge in [0, 0.05) is 38.8 Å². The number of aromatic nitrogens is 1. The fraction of sp³-hybridized carbons (Fsp3) is 0.235. The number of hydrogen-bond acceptors (Lipinski definition) is 5. The van der Waals surface area contributed by atoms with Gasteiger partial charge in [0.15, 0.2) is 0 Å². The van der Waals surface area contributed by atoms with Crippen molar-refractivity contribution < 1.29 is 19.8 Å². The van der Waals surface area contributed by atoms with E-state index in [0.717, 1.165) is 15.0 Å². The molecule has 0 saturated carbocycles. The second-order valence-corrected chi connectivity index (χ2v) is 6.95. The maximum Gasteiger partial charge on any atom is 0.334 e. The van der Waals surface area contributed by atoms with Gasteiger partial charge >= 0.3 is 11.9 Å². The Labute approximate surface area is 142 Å². The van der Waals surface area contributed by atoms with Crippen molar-refractivity contribution >= 4 is 33.4 Å². The van der Waals surface area contributed by atoms with Crippen LogP contribution in [0.5, 0.6) is 0 Å². The first kappa shape index (κ1) is 16.2. The number of rotatable bonds is 3. The van der Waals surface area contributed by atoms with E-state index >= 15 is 0 Å². The Morgan fingerprint density at radius 1 is 1.12 bits per heavy atom. The molecule has 2 aromatic rings. The van der Waals surface area contributed by atoms with Gasteiger partial charge < -0.3 is 15.5 Å². The van der Waals surface area contributed by atoms with E-state index in [1.807, 2.05) is 13.0 Å². The van der Waals surface area contributed by atoms with Crippen molar-refractivity contribution in [2.45, 2.75) is 26.7 Å². The quantitative estimate of drug-likeness (QED) is 0.791. The molecule has 2 aromatic heterocycles. The fourth-order valence-corrected chi connectivity index (χ4v) is 4.36. The van der Waals surface area contributed by atoms with E-state index in [1.165, 1.54) is 11.3 Å². The number of pyridine rings is 1. The Hall–Kier alpha value is -2.67. The zero-order chi connectivity index (χ0) is 17.6. The highest BCUT2D eigenvalue weighted by atomic mass is 32.1. The number of nitrogens with zero attached hydrogens (tertiary/aromatic N) is 1. The van der Waals surface area contributed by atoms with Crippen molar-refractivity contribution in [1.82, 2.24) is 10.3 Å². The van der Waals surface area contributed by atoms with Crippen molar-refractivity contribution in [3.05, 3.63) is 51.4 Å². The summed E-state index contributed by atoms with van der Waals surface area (Å²) < 4.78 is 0.959. The molecule has 0 radical (unpaired) electrons. The Bertz CT molecular complexity index is 903. The molecule has 3 rings (SSSR count). The van der Waals surface area contributed by atoms with Gasteiger partial charge in [-0.2, -0.15) is 0 Å². The first-order valence-electron chi connectivity index (χ1n) is 7.31. The lowest BCUT2D eigenvalue weighted by Gasteiger charge is -2.29. The van der Waals surface area contributed by atoms with Crippen LogP contribution < -0.4 is 5.32 Å². The van der Waals surface area contributed by atoms with Crippen LogP contribution in [0.2, 0.25) is 0 Å². The Morgan fingerprint density at radius 3 is 2.25 bits per heavy atom. The average molecular weight is 344 g/mol. The second kappa shape index (κ2) is 5.76. The maximum absolute atomic E-state index is 11.9. The summed E-state index contributed by atoms with van der Waals surface area (Å²) in [5.74, 6) is -3.09. The molecule has 7 heteroatoms. The lowest BCUT2D eigenvalue weighted by atomic mass is 9.79. The molecule has 3 heterocycles. The van der Waals surface area contributed by atoms with Gasteiger partial charge in [0.2, 0.25) is 0 Å². The van der Waals surface area contributed by atoms with Crippen molar-refractivity contribution in [2.75, 3.05) is 0 Å². The van der Waals surface area contributed by atoms with Crippen LogP contribution in [-0.2, 0) is 9.59 Å². The highest BCUT2D eigenvalue weighted by Gasteiger charge is 2.38. The molecular formula is C17H16N2O4S. The maximum atomic E-state index is 11.9. The van der Waals surface area contributed by atoms with Gasteiger partial charge in [0.25, 0.3) is 0 Å². The number of hydrogen-bond donors (Lipinski definition) is 3. The summed E-state index contributed by atoms with van der Waals surface area (Å²) in [6.45, 7) is 5.19. The normalized spacial score (nSPS) is 15.8. The number of aryl methyl sites for hydroxylation is 1. The standard InChI is InChI=1S/C17H16N2O4S/c1-7-12(16(20)21)15(13(17(22)23)8(2)19-7)14-9(3)24-11-4-5-18-6-10(11)14/h4-6,15,19H,1-3H3,(H,20,21)(H,22,23). The minimum atomic E-state index is -1.13. The SMILES string of the molecule is CC1=C(C(=O)O)C(c2c(C)sc3ccncc23)C(C(=O)O)=C(C)N1. The van der Waals surface area contributed by atoms with E-state index in [2.05, 4.69) is 10.3 Å². The Morgan fingerprint density at radius 2 is 1.71 bits per heavy atom. The van der Waals surface area contributed by atoms with Crippen molar-refractivity contribution in [1.29, 1.82) is 0 Å². The van der Waals surface area contributed by atoms with Crippen molar-refractivity contribution in [2.24, 2.45) is 0 Å². The van der Waals surface area contributed by atoms with Gasteiger partial charge in [-0.1, -0.05) is 0 Å². The smallest absolute Gasteiger partial charge is 0.334 e. The summed E-state index contributed by atoms with van der Waals surface area (Å²) in [5, 5.41) is 23.1. The topological polar surface area (TPSA) is 99.5 Å². The van der Waals surface area contributed by atoms with Crippen LogP contribution in [0.4, 0.5) is 0 Å². The zero-order valence-electron chi connectivity index (χ0n) is 13.4. The first-order chi connectivity index (χ1) is 11.3. The summed E-state index contributed by atoms with van der Waals surface area (Å²) in [7, 11) is 0. The predicted octanol–water partition coefficient (Wildman–Crippen LogP) is 3.01. The molecule has 24 heavy (non-hydrogen) atoms. The number of thiophene rings is 1. The van der Waals surface area contributed by atoms with Gasteiger partial charge in [0.1, 0.15) is 0 Å². The zero-order valence-corrected chi connectivity index (χ0v) is 14.2. The lowest BCUT2D eigenvalue weighted by molar-refractivity contribution is -0.133. The number of fused-ring (bicyclic) bond motifs is 1. The number of allylic oxidation sites excluding steroid dienone is 2. The number of nitrogens with one attached hydrogen (secondary N) is 1. The summed E-state index contributed by atoms with van der Waals surface area (Å²) in [5.41, 5.74) is 1.74.